The second-order valence-electron chi connectivity index (χ2n) is 4.82. The van der Waals surface area contributed by atoms with Crippen LogP contribution in [-0.4, -0.2) is 17.1 Å². The van der Waals surface area contributed by atoms with E-state index >= 15 is 0 Å². The van der Waals surface area contributed by atoms with Gasteiger partial charge >= 0.3 is 0 Å². The number of thioether (sulfide) groups is 1. The Balaban J connectivity index is 1.76. The lowest BCUT2D eigenvalue weighted by Gasteiger charge is -2.12. The van der Waals surface area contributed by atoms with Gasteiger partial charge in [-0.3, -0.25) is 9.59 Å². The minimum absolute atomic E-state index is 0.107. The fraction of sp³-hybridized carbons (Fsp3) is 0.125. The highest BCUT2D eigenvalue weighted by Gasteiger charge is 2.28. The third kappa shape index (κ3) is 2.78. The summed E-state index contributed by atoms with van der Waals surface area (Å²) in [5.74, 6) is -0.654. The number of primary amides is 1. The van der Waals surface area contributed by atoms with Gasteiger partial charge < -0.3 is 11.1 Å². The minimum atomic E-state index is -0.548. The van der Waals surface area contributed by atoms with Gasteiger partial charge in [0, 0.05) is 4.90 Å². The first-order chi connectivity index (χ1) is 10.1. The number of carbonyl (C=O) groups is 2. The Morgan fingerprint density at radius 1 is 1.10 bits per heavy atom. The predicted octanol–water partition coefficient (Wildman–Crippen LogP) is 2.44. The van der Waals surface area contributed by atoms with Gasteiger partial charge in [0.05, 0.1) is 16.5 Å². The van der Waals surface area contributed by atoms with E-state index in [1.807, 2.05) is 24.3 Å². The van der Waals surface area contributed by atoms with Crippen molar-refractivity contribution in [1.29, 1.82) is 0 Å². The first-order valence-electron chi connectivity index (χ1n) is 6.59. The molecule has 0 unspecified atom stereocenters. The molecule has 5 heteroatoms. The number of benzene rings is 2. The summed E-state index contributed by atoms with van der Waals surface area (Å²) in [6.45, 7) is 0. The summed E-state index contributed by atoms with van der Waals surface area (Å²) in [5.41, 5.74) is 7.29. The molecule has 0 spiro atoms. The number of nitrogens with one attached hydrogen (secondary N) is 1. The molecule has 0 bridgehead atoms. The number of hydrogen-bond donors (Lipinski definition) is 2. The molecule has 0 saturated heterocycles. The van der Waals surface area contributed by atoms with Crippen LogP contribution < -0.4 is 11.1 Å². The van der Waals surface area contributed by atoms with Gasteiger partial charge in [-0.05, 0) is 30.2 Å². The number of nitrogens with two attached hydrogens (primary N) is 1. The van der Waals surface area contributed by atoms with Crippen LogP contribution in [0.1, 0.15) is 15.9 Å². The van der Waals surface area contributed by atoms with Crippen LogP contribution in [0, 0.1) is 0 Å². The molecule has 0 fully saturated rings. The lowest BCUT2D eigenvalue weighted by molar-refractivity contribution is -0.115. The normalized spacial score (nSPS) is 16.3. The zero-order chi connectivity index (χ0) is 14.8. The molecule has 0 saturated carbocycles. The molecule has 1 heterocycles. The van der Waals surface area contributed by atoms with Crippen LogP contribution in [0.4, 0.5) is 5.69 Å². The lowest BCUT2D eigenvalue weighted by atomic mass is 10.1. The van der Waals surface area contributed by atoms with Crippen molar-refractivity contribution < 1.29 is 9.59 Å². The Bertz CT molecular complexity index is 690. The fourth-order valence-corrected chi connectivity index (χ4v) is 3.54. The van der Waals surface area contributed by atoms with Crippen molar-refractivity contribution in [1.82, 2.24) is 0 Å². The summed E-state index contributed by atoms with van der Waals surface area (Å²) in [7, 11) is 0. The van der Waals surface area contributed by atoms with E-state index in [1.165, 1.54) is 5.56 Å². The molecule has 2 amide bonds. The second-order valence-corrected chi connectivity index (χ2v) is 6.06. The molecule has 2 aromatic rings. The highest BCUT2D eigenvalue weighted by Crippen LogP contribution is 2.37. The summed E-state index contributed by atoms with van der Waals surface area (Å²) in [5, 5.41) is 2.63. The highest BCUT2D eigenvalue weighted by molar-refractivity contribution is 8.01. The van der Waals surface area contributed by atoms with Crippen molar-refractivity contribution in [3.63, 3.8) is 0 Å². The Hall–Kier alpha value is -2.27. The number of anilines is 1. The van der Waals surface area contributed by atoms with Crippen LogP contribution in [0.25, 0.3) is 0 Å². The third-order valence-corrected chi connectivity index (χ3v) is 4.71. The van der Waals surface area contributed by atoms with Gasteiger partial charge in [-0.1, -0.05) is 30.3 Å². The zero-order valence-corrected chi connectivity index (χ0v) is 12.0. The van der Waals surface area contributed by atoms with Crippen molar-refractivity contribution in [3.8, 4) is 0 Å². The van der Waals surface area contributed by atoms with Gasteiger partial charge in [0.2, 0.25) is 5.91 Å². The summed E-state index contributed by atoms with van der Waals surface area (Å²) in [6, 6.07) is 14.8. The number of hydrogen-bond acceptors (Lipinski definition) is 3. The number of amides is 2. The van der Waals surface area contributed by atoms with Gasteiger partial charge in [0.25, 0.3) is 5.91 Å². The Morgan fingerprint density at radius 2 is 1.81 bits per heavy atom. The smallest absolute Gasteiger partial charge is 0.250 e. The fourth-order valence-electron chi connectivity index (χ4n) is 2.35. The van der Waals surface area contributed by atoms with E-state index in [9.17, 15) is 9.59 Å². The van der Waals surface area contributed by atoms with Crippen LogP contribution in [0.15, 0.2) is 53.4 Å². The average Bonchev–Trinajstić information content (AvgIpc) is 2.91. The quantitative estimate of drug-likeness (QED) is 0.914. The SMILES string of the molecule is NC(=O)c1ccccc1NC(=O)[C@H]1Cc2ccccc2S1. The van der Waals surface area contributed by atoms with Crippen LogP contribution in [0.2, 0.25) is 0 Å². The Kier molecular flexibility index (Phi) is 3.66. The molecule has 106 valence electrons. The Labute approximate surface area is 126 Å². The predicted molar refractivity (Wildman–Crippen MR) is 83.4 cm³/mol. The van der Waals surface area contributed by atoms with Crippen molar-refractivity contribution in [2.24, 2.45) is 5.73 Å². The van der Waals surface area contributed by atoms with Crippen molar-refractivity contribution in [3.05, 3.63) is 59.7 Å². The molecule has 0 aromatic heterocycles. The van der Waals surface area contributed by atoms with E-state index in [-0.39, 0.29) is 11.2 Å². The summed E-state index contributed by atoms with van der Waals surface area (Å²) < 4.78 is 0. The molecule has 2 aromatic carbocycles. The van der Waals surface area contributed by atoms with E-state index in [4.69, 9.17) is 5.73 Å². The van der Waals surface area contributed by atoms with E-state index in [0.717, 1.165) is 4.90 Å². The first-order valence-corrected chi connectivity index (χ1v) is 7.47. The molecule has 4 nitrogen and oxygen atoms in total. The number of rotatable bonds is 3. The zero-order valence-electron chi connectivity index (χ0n) is 11.2. The molecule has 1 aliphatic heterocycles. The summed E-state index contributed by atoms with van der Waals surface area (Å²) in [4.78, 5) is 24.9. The van der Waals surface area contributed by atoms with Gasteiger partial charge in [-0.15, -0.1) is 11.8 Å². The first kappa shape index (κ1) is 13.7. The van der Waals surface area contributed by atoms with Crippen LogP contribution in [0.5, 0.6) is 0 Å². The molecule has 1 atom stereocenters. The number of para-hydroxylation sites is 1. The van der Waals surface area contributed by atoms with Gasteiger partial charge in [-0.2, -0.15) is 0 Å². The van der Waals surface area contributed by atoms with Crippen molar-refractivity contribution >= 4 is 29.3 Å². The topological polar surface area (TPSA) is 72.2 Å². The second kappa shape index (κ2) is 5.61. The molecular weight excluding hydrogens is 284 g/mol. The molecule has 0 aliphatic carbocycles. The van der Waals surface area contributed by atoms with E-state index in [1.54, 1.807) is 36.0 Å². The molecule has 21 heavy (non-hydrogen) atoms. The summed E-state index contributed by atoms with van der Waals surface area (Å²) in [6.07, 6.45) is 0.700. The standard InChI is InChI=1S/C16H14N2O2S/c17-15(19)11-6-2-3-7-12(11)18-16(20)14-9-10-5-1-4-8-13(10)21-14/h1-8,14H,9H2,(H2,17,19)(H,18,20)/t14-/m1/s1. The van der Waals surface area contributed by atoms with Crippen LogP contribution in [-0.2, 0) is 11.2 Å². The average molecular weight is 298 g/mol. The molecule has 0 radical (unpaired) electrons. The van der Waals surface area contributed by atoms with E-state index in [2.05, 4.69) is 5.32 Å². The maximum Gasteiger partial charge on any atom is 0.250 e. The highest BCUT2D eigenvalue weighted by atomic mass is 32.2. The van der Waals surface area contributed by atoms with Crippen molar-refractivity contribution in [2.75, 3.05) is 5.32 Å². The minimum Gasteiger partial charge on any atom is -0.366 e. The third-order valence-electron chi connectivity index (χ3n) is 3.39. The summed E-state index contributed by atoms with van der Waals surface area (Å²) >= 11 is 1.55. The monoisotopic (exact) mass is 298 g/mol. The van der Waals surface area contributed by atoms with Gasteiger partial charge in [0.15, 0.2) is 0 Å². The molecule has 1 aliphatic rings. The molecular formula is C16H14N2O2S. The molecule has 3 rings (SSSR count). The van der Waals surface area contributed by atoms with Crippen LogP contribution >= 0.6 is 11.8 Å². The number of fused-ring (bicyclic) bond motifs is 1. The largest absolute Gasteiger partial charge is 0.366 e. The van der Waals surface area contributed by atoms with Crippen LogP contribution in [0.3, 0.4) is 0 Å². The maximum atomic E-state index is 12.4. The van der Waals surface area contributed by atoms with E-state index < -0.39 is 5.91 Å². The maximum absolute atomic E-state index is 12.4. The van der Waals surface area contributed by atoms with E-state index in [0.29, 0.717) is 17.7 Å². The molecule has 3 N–H and O–H groups in total. The van der Waals surface area contributed by atoms with Gasteiger partial charge in [-0.25, -0.2) is 0 Å². The van der Waals surface area contributed by atoms with Gasteiger partial charge in [0.1, 0.15) is 0 Å². The Morgan fingerprint density at radius 3 is 2.57 bits per heavy atom. The lowest BCUT2D eigenvalue weighted by Crippen LogP contribution is -2.26. The van der Waals surface area contributed by atoms with Crippen molar-refractivity contribution in [2.45, 2.75) is 16.6 Å². The number of carbonyl (C=O) groups excluding carboxylic acids is 2.